The van der Waals surface area contributed by atoms with E-state index >= 15 is 0 Å². The Labute approximate surface area is 200 Å². The lowest BCUT2D eigenvalue weighted by Gasteiger charge is -2.23. The molecule has 1 aliphatic rings. The van der Waals surface area contributed by atoms with Crippen molar-refractivity contribution in [3.05, 3.63) is 59.6 Å². The number of rotatable bonds is 6. The highest BCUT2D eigenvalue weighted by molar-refractivity contribution is 7.14. The number of fused-ring (bicyclic) bond motifs is 1. The van der Waals surface area contributed by atoms with Crippen LogP contribution in [0.3, 0.4) is 0 Å². The summed E-state index contributed by atoms with van der Waals surface area (Å²) in [6.07, 6.45) is 1.03. The van der Waals surface area contributed by atoms with E-state index in [4.69, 9.17) is 6.11 Å². The van der Waals surface area contributed by atoms with Crippen molar-refractivity contribution in [2.24, 2.45) is 5.92 Å². The number of thiazole rings is 1. The Bertz CT molecular complexity index is 1340. The average Bonchev–Trinajstić information content (AvgIpc) is 3.31. The Hall–Kier alpha value is -3.20. The molecular weight excluding hydrogens is 461 g/mol. The monoisotopic (exact) mass is 485 g/mol. The van der Waals surface area contributed by atoms with Crippen molar-refractivity contribution in [3.8, 4) is 17.1 Å². The minimum atomic E-state index is -4.53. The summed E-state index contributed by atoms with van der Waals surface area (Å²) in [5.41, 5.74) is 1.94. The molecule has 0 saturated heterocycles. The van der Waals surface area contributed by atoms with Gasteiger partial charge >= 0.3 is 6.18 Å². The van der Waals surface area contributed by atoms with Crippen molar-refractivity contribution < 1.29 is 19.3 Å². The summed E-state index contributed by atoms with van der Waals surface area (Å²) in [6.45, 7) is 0.309. The molecule has 0 unspecified atom stereocenters. The van der Waals surface area contributed by atoms with Crippen molar-refractivity contribution >= 4 is 33.2 Å². The normalized spacial score (nSPS) is 15.3. The van der Waals surface area contributed by atoms with Crippen LogP contribution in [-0.2, 0) is 6.18 Å². The Morgan fingerprint density at radius 1 is 1.03 bits per heavy atom. The number of hydrogen-bond acceptors (Lipinski definition) is 6. The van der Waals surface area contributed by atoms with Crippen molar-refractivity contribution in [2.45, 2.75) is 38.3 Å². The topological polar surface area (TPSA) is 59.9 Å². The molecule has 5 rings (SSSR count). The molecule has 1 fully saturated rings. The van der Waals surface area contributed by atoms with Crippen LogP contribution < -0.4 is 10.1 Å². The predicted octanol–water partition coefficient (Wildman–Crippen LogP) is 7.47. The fourth-order valence-electron chi connectivity index (χ4n) is 4.14. The number of hydrogen-bond donors (Lipinski definition) is 1. The van der Waals surface area contributed by atoms with Crippen molar-refractivity contribution in [1.82, 2.24) is 15.0 Å². The lowest BCUT2D eigenvalue weighted by molar-refractivity contribution is -0.139. The summed E-state index contributed by atoms with van der Waals surface area (Å²) >= 11 is 1.27. The number of benzene rings is 1. The number of anilines is 2. The minimum absolute atomic E-state index is 0.140. The van der Waals surface area contributed by atoms with Crippen LogP contribution in [0.4, 0.5) is 24.0 Å². The number of halogens is 3. The molecule has 1 saturated carbocycles. The molecule has 1 N–H and O–H groups in total. The van der Waals surface area contributed by atoms with Gasteiger partial charge in [-0.25, -0.2) is 9.97 Å². The SMILES string of the molecule is [2H]c1ccc2nc(-c3csc(Nc4ccc(OCC5CCCCC5)c(C(F)(F)F)c4)n3)ccc2n1. The molecule has 0 spiro atoms. The second-order valence-electron chi connectivity index (χ2n) is 8.36. The second kappa shape index (κ2) is 9.58. The molecule has 0 amide bonds. The van der Waals surface area contributed by atoms with Gasteiger partial charge in [-0.05, 0) is 61.2 Å². The molecule has 0 radical (unpaired) electrons. The first-order valence-electron chi connectivity index (χ1n) is 11.7. The number of alkyl halides is 3. The van der Waals surface area contributed by atoms with Gasteiger partial charge in [0.1, 0.15) is 11.4 Å². The van der Waals surface area contributed by atoms with Crippen LogP contribution in [0.5, 0.6) is 5.75 Å². The largest absolute Gasteiger partial charge is 0.493 e. The quantitative estimate of drug-likeness (QED) is 0.307. The summed E-state index contributed by atoms with van der Waals surface area (Å²) < 4.78 is 54.5. The van der Waals surface area contributed by atoms with Crippen LogP contribution in [0.25, 0.3) is 22.4 Å². The van der Waals surface area contributed by atoms with Gasteiger partial charge in [0, 0.05) is 17.2 Å². The molecule has 1 aromatic carbocycles. The number of nitrogens with one attached hydrogen (secondary N) is 1. The summed E-state index contributed by atoms with van der Waals surface area (Å²) in [6, 6.07) is 10.8. The van der Waals surface area contributed by atoms with E-state index in [0.29, 0.717) is 40.1 Å². The summed E-state index contributed by atoms with van der Waals surface area (Å²) in [5, 5.41) is 5.21. The fraction of sp³-hybridized carbons (Fsp3) is 0.320. The molecule has 5 nitrogen and oxygen atoms in total. The lowest BCUT2D eigenvalue weighted by Crippen LogP contribution is -2.17. The highest BCUT2D eigenvalue weighted by Gasteiger charge is 2.35. The van der Waals surface area contributed by atoms with E-state index in [1.165, 1.54) is 23.8 Å². The van der Waals surface area contributed by atoms with Gasteiger partial charge in [-0.1, -0.05) is 19.3 Å². The van der Waals surface area contributed by atoms with Crippen LogP contribution in [0, 0.1) is 5.92 Å². The van der Waals surface area contributed by atoms with Crippen molar-refractivity contribution in [3.63, 3.8) is 0 Å². The van der Waals surface area contributed by atoms with E-state index in [1.807, 2.05) is 0 Å². The van der Waals surface area contributed by atoms with Gasteiger partial charge in [0.05, 0.1) is 30.3 Å². The molecule has 9 heteroatoms. The summed E-state index contributed by atoms with van der Waals surface area (Å²) in [7, 11) is 0. The zero-order valence-corrected chi connectivity index (χ0v) is 19.0. The molecule has 176 valence electrons. The lowest BCUT2D eigenvalue weighted by atomic mass is 9.90. The number of ether oxygens (including phenoxy) is 1. The maximum atomic E-state index is 13.8. The molecule has 34 heavy (non-hydrogen) atoms. The van der Waals surface area contributed by atoms with Gasteiger partial charge in [-0.2, -0.15) is 13.2 Å². The third-order valence-corrected chi connectivity index (χ3v) is 6.66. The Morgan fingerprint density at radius 2 is 1.88 bits per heavy atom. The van der Waals surface area contributed by atoms with Gasteiger partial charge in [-0.3, -0.25) is 4.98 Å². The van der Waals surface area contributed by atoms with Crippen LogP contribution in [-0.4, -0.2) is 21.6 Å². The zero-order chi connectivity index (χ0) is 24.4. The number of pyridine rings is 2. The van der Waals surface area contributed by atoms with Crippen LogP contribution in [0.1, 0.15) is 39.0 Å². The van der Waals surface area contributed by atoms with Gasteiger partial charge in [0.25, 0.3) is 0 Å². The van der Waals surface area contributed by atoms with Gasteiger partial charge in [-0.15, -0.1) is 11.3 Å². The molecular formula is C25H23F3N4OS. The maximum Gasteiger partial charge on any atom is 0.420 e. The van der Waals surface area contributed by atoms with Gasteiger partial charge in [0.2, 0.25) is 0 Å². The van der Waals surface area contributed by atoms with Gasteiger partial charge in [0.15, 0.2) is 5.13 Å². The maximum absolute atomic E-state index is 13.8. The highest BCUT2D eigenvalue weighted by Crippen LogP contribution is 2.39. The molecule has 3 aromatic heterocycles. The van der Waals surface area contributed by atoms with E-state index in [1.54, 1.807) is 35.7 Å². The first-order valence-corrected chi connectivity index (χ1v) is 12.0. The summed E-state index contributed by atoms with van der Waals surface area (Å²) in [5.74, 6) is 0.170. The van der Waals surface area contributed by atoms with E-state index in [0.717, 1.165) is 31.7 Å². The average molecular weight is 486 g/mol. The Kier molecular flexibility index (Phi) is 6.01. The minimum Gasteiger partial charge on any atom is -0.493 e. The predicted molar refractivity (Wildman–Crippen MR) is 127 cm³/mol. The third kappa shape index (κ3) is 5.14. The summed E-state index contributed by atoms with van der Waals surface area (Å²) in [4.78, 5) is 13.1. The first-order chi connectivity index (χ1) is 16.8. The molecule has 0 bridgehead atoms. The molecule has 0 aliphatic heterocycles. The fourth-order valence-corrected chi connectivity index (χ4v) is 4.86. The zero-order valence-electron chi connectivity index (χ0n) is 19.2. The highest BCUT2D eigenvalue weighted by atomic mass is 32.1. The van der Waals surface area contributed by atoms with Crippen LogP contribution in [0.15, 0.2) is 54.0 Å². The van der Waals surface area contributed by atoms with Crippen LogP contribution in [0.2, 0.25) is 0 Å². The molecule has 3 heterocycles. The first kappa shape index (κ1) is 21.3. The molecule has 4 aromatic rings. The van der Waals surface area contributed by atoms with Crippen molar-refractivity contribution in [1.29, 1.82) is 0 Å². The standard InChI is InChI=1S/C25H23F3N4OS/c26-25(27,28)18-13-17(8-11-23(18)33-14-16-5-2-1-3-6-16)30-24-32-22(15-34-24)21-10-9-19-20(31-21)7-4-12-29-19/h4,7-13,15-16H,1-3,5-6,14H2,(H,30,32)/i12D. The molecule has 1 aliphatic carbocycles. The van der Waals surface area contributed by atoms with Crippen LogP contribution >= 0.6 is 11.3 Å². The van der Waals surface area contributed by atoms with E-state index < -0.39 is 11.7 Å². The van der Waals surface area contributed by atoms with E-state index in [9.17, 15) is 13.2 Å². The number of aromatic nitrogens is 3. The smallest absolute Gasteiger partial charge is 0.420 e. The Balaban J connectivity index is 1.33. The second-order valence-corrected chi connectivity index (χ2v) is 9.22. The third-order valence-electron chi connectivity index (χ3n) is 5.91. The Morgan fingerprint density at radius 3 is 2.71 bits per heavy atom. The molecule has 0 atom stereocenters. The number of nitrogens with zero attached hydrogens (tertiary/aromatic N) is 3. The van der Waals surface area contributed by atoms with E-state index in [2.05, 4.69) is 20.3 Å². The van der Waals surface area contributed by atoms with Gasteiger partial charge < -0.3 is 10.1 Å². The van der Waals surface area contributed by atoms with Crippen molar-refractivity contribution in [2.75, 3.05) is 11.9 Å². The van der Waals surface area contributed by atoms with E-state index in [-0.39, 0.29) is 17.6 Å².